The molecule has 3 aromatic rings. The molecule has 5 nitrogen and oxygen atoms in total. The van der Waals surface area contributed by atoms with E-state index in [0.29, 0.717) is 27.9 Å². The zero-order valence-corrected chi connectivity index (χ0v) is 17.8. The lowest BCUT2D eigenvalue weighted by molar-refractivity contribution is -0.111. The summed E-state index contributed by atoms with van der Waals surface area (Å²) >= 11 is 7.63. The molecule has 0 bridgehead atoms. The summed E-state index contributed by atoms with van der Waals surface area (Å²) in [5, 5.41) is 6.97. The second-order valence-corrected chi connectivity index (χ2v) is 8.53. The van der Waals surface area contributed by atoms with Gasteiger partial charge in [0.05, 0.1) is 18.4 Å². The molecule has 2 heterocycles. The highest BCUT2D eigenvalue weighted by atomic mass is 35.5. The number of hydrogen-bond donors (Lipinski definition) is 2. The van der Waals surface area contributed by atoms with Gasteiger partial charge in [-0.25, -0.2) is 0 Å². The molecule has 4 rings (SSSR count). The van der Waals surface area contributed by atoms with Crippen molar-refractivity contribution in [2.45, 2.75) is 32.2 Å². The maximum absolute atomic E-state index is 13.0. The van der Waals surface area contributed by atoms with Gasteiger partial charge in [0.15, 0.2) is 0 Å². The number of fused-ring (bicyclic) bond motifs is 1. The topological polar surface area (TPSA) is 71.3 Å². The van der Waals surface area contributed by atoms with Gasteiger partial charge in [-0.1, -0.05) is 29.8 Å². The minimum Gasteiger partial charge on any atom is -0.467 e. The van der Waals surface area contributed by atoms with E-state index in [0.717, 1.165) is 36.8 Å². The Morgan fingerprint density at radius 3 is 2.77 bits per heavy atom. The molecule has 1 aliphatic carbocycles. The minimum absolute atomic E-state index is 0.198. The van der Waals surface area contributed by atoms with Crippen molar-refractivity contribution in [2.75, 3.05) is 5.32 Å². The summed E-state index contributed by atoms with van der Waals surface area (Å²) in [6.45, 7) is 0.302. The summed E-state index contributed by atoms with van der Waals surface area (Å²) in [6.07, 6.45) is 8.60. The standard InChI is InChI=1S/C23H21ClN2O3S/c24-18-9-3-1-6-15(18)11-12-20(27)26-23-21(17-8-2-4-10-19(17)30-23)22(28)25-14-16-7-5-13-29-16/h1,3,5-7,9,11-13H,2,4,8,10,14H2,(H,25,28)(H,26,27)/b12-11+. The number of amides is 2. The van der Waals surface area contributed by atoms with Crippen LogP contribution in [0.15, 0.2) is 53.2 Å². The molecule has 1 aliphatic rings. The second kappa shape index (κ2) is 9.32. The number of carbonyl (C=O) groups excluding carboxylic acids is 2. The van der Waals surface area contributed by atoms with Crippen LogP contribution in [0.3, 0.4) is 0 Å². The van der Waals surface area contributed by atoms with Gasteiger partial charge in [0, 0.05) is 16.0 Å². The molecule has 0 radical (unpaired) electrons. The molecular weight excluding hydrogens is 420 g/mol. The van der Waals surface area contributed by atoms with Gasteiger partial charge in [0.2, 0.25) is 5.91 Å². The minimum atomic E-state index is -0.298. The fourth-order valence-electron chi connectivity index (χ4n) is 3.49. The van der Waals surface area contributed by atoms with Crippen LogP contribution >= 0.6 is 22.9 Å². The van der Waals surface area contributed by atoms with Crippen molar-refractivity contribution in [3.05, 3.63) is 81.1 Å². The maximum atomic E-state index is 13.0. The lowest BCUT2D eigenvalue weighted by Crippen LogP contribution is -2.25. The van der Waals surface area contributed by atoms with Gasteiger partial charge in [-0.05, 0) is 61.1 Å². The molecule has 2 N–H and O–H groups in total. The van der Waals surface area contributed by atoms with Gasteiger partial charge >= 0.3 is 0 Å². The molecule has 0 spiro atoms. The predicted octanol–water partition coefficient (Wildman–Crippen LogP) is 5.46. The Bertz CT molecular complexity index is 1090. The van der Waals surface area contributed by atoms with E-state index in [1.54, 1.807) is 24.5 Å². The Kier molecular flexibility index (Phi) is 6.35. The molecule has 2 aromatic heterocycles. The third-order valence-corrected chi connectivity index (χ3v) is 6.51. The summed E-state index contributed by atoms with van der Waals surface area (Å²) in [5.74, 6) is 0.186. The highest BCUT2D eigenvalue weighted by molar-refractivity contribution is 7.17. The first-order valence-corrected chi connectivity index (χ1v) is 11.0. The average molecular weight is 441 g/mol. The Labute approximate surface area is 183 Å². The quantitative estimate of drug-likeness (QED) is 0.500. The van der Waals surface area contributed by atoms with Gasteiger partial charge in [-0.15, -0.1) is 11.3 Å². The molecule has 0 atom stereocenters. The van der Waals surface area contributed by atoms with Gasteiger partial charge < -0.3 is 15.1 Å². The number of rotatable bonds is 6. The number of benzene rings is 1. The third-order valence-electron chi connectivity index (χ3n) is 4.96. The SMILES string of the molecule is O=C(/C=C/c1ccccc1Cl)Nc1sc2c(c1C(=O)NCc1ccco1)CCCC2. The summed E-state index contributed by atoms with van der Waals surface area (Å²) in [5.41, 5.74) is 2.38. The molecule has 30 heavy (non-hydrogen) atoms. The zero-order chi connectivity index (χ0) is 20.9. The van der Waals surface area contributed by atoms with Crippen LogP contribution < -0.4 is 10.6 Å². The van der Waals surface area contributed by atoms with Crippen LogP contribution in [0.25, 0.3) is 6.08 Å². The number of furan rings is 1. The average Bonchev–Trinajstić information content (AvgIpc) is 3.39. The first-order valence-electron chi connectivity index (χ1n) is 9.80. The molecule has 0 saturated heterocycles. The number of aryl methyl sites for hydroxylation is 1. The van der Waals surface area contributed by atoms with Crippen molar-refractivity contribution >= 4 is 45.8 Å². The van der Waals surface area contributed by atoms with Crippen molar-refractivity contribution in [1.29, 1.82) is 0 Å². The Balaban J connectivity index is 1.53. The fourth-order valence-corrected chi connectivity index (χ4v) is 4.98. The monoisotopic (exact) mass is 440 g/mol. The lowest BCUT2D eigenvalue weighted by atomic mass is 9.95. The van der Waals surface area contributed by atoms with Crippen LogP contribution in [0.5, 0.6) is 0 Å². The van der Waals surface area contributed by atoms with Gasteiger partial charge in [0.25, 0.3) is 5.91 Å². The summed E-state index contributed by atoms with van der Waals surface area (Å²) in [7, 11) is 0. The van der Waals surface area contributed by atoms with Crippen LogP contribution in [0, 0.1) is 0 Å². The highest BCUT2D eigenvalue weighted by Gasteiger charge is 2.26. The third kappa shape index (κ3) is 4.66. The van der Waals surface area contributed by atoms with Crippen molar-refractivity contribution in [3.8, 4) is 0 Å². The van der Waals surface area contributed by atoms with Crippen LogP contribution in [0.4, 0.5) is 5.00 Å². The van der Waals surface area contributed by atoms with Crippen LogP contribution in [0.2, 0.25) is 5.02 Å². The number of nitrogens with one attached hydrogen (secondary N) is 2. The van der Waals surface area contributed by atoms with E-state index >= 15 is 0 Å². The number of halogens is 1. The molecule has 154 valence electrons. The fraction of sp³-hybridized carbons (Fsp3) is 0.217. The smallest absolute Gasteiger partial charge is 0.254 e. The summed E-state index contributed by atoms with van der Waals surface area (Å²) < 4.78 is 5.29. The molecule has 0 saturated carbocycles. The van der Waals surface area contributed by atoms with Gasteiger partial charge in [-0.3, -0.25) is 9.59 Å². The van der Waals surface area contributed by atoms with E-state index in [4.69, 9.17) is 16.0 Å². The zero-order valence-electron chi connectivity index (χ0n) is 16.2. The largest absolute Gasteiger partial charge is 0.467 e. The molecule has 0 unspecified atom stereocenters. The predicted molar refractivity (Wildman–Crippen MR) is 120 cm³/mol. The summed E-state index contributed by atoms with van der Waals surface area (Å²) in [4.78, 5) is 26.7. The van der Waals surface area contributed by atoms with E-state index in [9.17, 15) is 9.59 Å². The van der Waals surface area contributed by atoms with Crippen molar-refractivity contribution in [2.24, 2.45) is 0 Å². The molecule has 0 fully saturated rings. The second-order valence-electron chi connectivity index (χ2n) is 7.02. The van der Waals surface area contributed by atoms with E-state index in [1.165, 1.54) is 22.3 Å². The Morgan fingerprint density at radius 2 is 1.97 bits per heavy atom. The van der Waals surface area contributed by atoms with Crippen molar-refractivity contribution < 1.29 is 14.0 Å². The van der Waals surface area contributed by atoms with Crippen molar-refractivity contribution in [3.63, 3.8) is 0 Å². The Hall–Kier alpha value is -2.83. The summed E-state index contributed by atoms with van der Waals surface area (Å²) in [6, 6.07) is 10.9. The number of thiophene rings is 1. The molecule has 1 aromatic carbocycles. The molecular formula is C23H21ClN2O3S. The number of hydrogen-bond acceptors (Lipinski definition) is 4. The number of carbonyl (C=O) groups is 2. The lowest BCUT2D eigenvalue weighted by Gasteiger charge is -2.13. The highest BCUT2D eigenvalue weighted by Crippen LogP contribution is 2.38. The normalized spacial score (nSPS) is 13.2. The van der Waals surface area contributed by atoms with Crippen LogP contribution in [-0.2, 0) is 24.2 Å². The van der Waals surface area contributed by atoms with Crippen LogP contribution in [-0.4, -0.2) is 11.8 Å². The number of anilines is 1. The van der Waals surface area contributed by atoms with Gasteiger partial charge in [0.1, 0.15) is 10.8 Å². The first kappa shape index (κ1) is 20.4. The molecule has 7 heteroatoms. The van der Waals surface area contributed by atoms with Gasteiger partial charge in [-0.2, -0.15) is 0 Å². The molecule has 0 aliphatic heterocycles. The maximum Gasteiger partial charge on any atom is 0.254 e. The van der Waals surface area contributed by atoms with E-state index in [2.05, 4.69) is 10.6 Å². The van der Waals surface area contributed by atoms with E-state index in [-0.39, 0.29) is 11.8 Å². The first-order chi connectivity index (χ1) is 14.6. The van der Waals surface area contributed by atoms with Crippen LogP contribution in [0.1, 0.15) is 45.0 Å². The van der Waals surface area contributed by atoms with E-state index < -0.39 is 0 Å². The van der Waals surface area contributed by atoms with Crippen molar-refractivity contribution in [1.82, 2.24) is 5.32 Å². The Morgan fingerprint density at radius 1 is 1.13 bits per heavy atom. The molecule has 2 amide bonds. The van der Waals surface area contributed by atoms with E-state index in [1.807, 2.05) is 24.3 Å².